The molecule has 0 spiro atoms. The Morgan fingerprint density at radius 3 is 2.68 bits per heavy atom. The van der Waals surface area contributed by atoms with E-state index in [1.165, 1.54) is 12.8 Å². The molecule has 2 amide bonds. The van der Waals surface area contributed by atoms with Crippen molar-refractivity contribution in [2.45, 2.75) is 39.2 Å². The van der Waals surface area contributed by atoms with Crippen molar-refractivity contribution in [3.63, 3.8) is 0 Å². The average molecular weight is 541 g/mol. The Hall–Kier alpha value is -2.10. The Morgan fingerprint density at radius 2 is 2.03 bits per heavy atom. The van der Waals surface area contributed by atoms with Gasteiger partial charge in [-0.3, -0.25) is 9.59 Å². The van der Waals surface area contributed by atoms with Gasteiger partial charge < -0.3 is 20.4 Å². The Balaban J connectivity index is 0.00000480. The zero-order valence-corrected chi connectivity index (χ0v) is 21.1. The third kappa shape index (κ3) is 9.28. The smallest absolute Gasteiger partial charge is 0.254 e. The minimum atomic E-state index is -0.110. The van der Waals surface area contributed by atoms with Crippen LogP contribution in [0.3, 0.4) is 0 Å². The molecule has 1 aromatic rings. The summed E-state index contributed by atoms with van der Waals surface area (Å²) in [4.78, 5) is 32.5. The standard InChI is InChI=1S/C23H35N5O2.HI/c1-4-6-7-8-9-15-27(3)23(24-5-2)26-17-19-10-12-20(13-11-19)22(30)28-16-14-25-21(29)18-28;/h4,10-13H,1,5-9,14-18H2,2-3H3,(H,24,26)(H,25,29);1H. The van der Waals surface area contributed by atoms with Crippen LogP contribution in [0.2, 0.25) is 0 Å². The highest BCUT2D eigenvalue weighted by atomic mass is 127. The number of rotatable bonds is 10. The number of amides is 2. The molecule has 31 heavy (non-hydrogen) atoms. The normalized spacial score (nSPS) is 13.8. The van der Waals surface area contributed by atoms with E-state index < -0.39 is 0 Å². The highest BCUT2D eigenvalue weighted by Crippen LogP contribution is 2.10. The number of allylic oxidation sites excluding steroid dienone is 1. The molecule has 1 aromatic carbocycles. The molecule has 1 aliphatic rings. The fourth-order valence-electron chi connectivity index (χ4n) is 3.30. The second-order valence-electron chi connectivity index (χ2n) is 7.50. The monoisotopic (exact) mass is 541 g/mol. The van der Waals surface area contributed by atoms with Gasteiger partial charge in [0.2, 0.25) is 5.91 Å². The molecule has 0 bridgehead atoms. The minimum Gasteiger partial charge on any atom is -0.357 e. The minimum absolute atomic E-state index is 0. The number of guanidine groups is 1. The zero-order valence-electron chi connectivity index (χ0n) is 18.7. The molecule has 0 saturated carbocycles. The molecular formula is C23H36IN5O2. The van der Waals surface area contributed by atoms with E-state index in [4.69, 9.17) is 4.99 Å². The van der Waals surface area contributed by atoms with E-state index >= 15 is 0 Å². The SMILES string of the molecule is C=CCCCCCN(C)C(=NCc1ccc(C(=O)N2CCNC(=O)C2)cc1)NCC.I. The van der Waals surface area contributed by atoms with Crippen LogP contribution in [0.1, 0.15) is 48.5 Å². The number of halogens is 1. The lowest BCUT2D eigenvalue weighted by atomic mass is 10.1. The van der Waals surface area contributed by atoms with Crippen molar-refractivity contribution in [2.75, 3.05) is 39.8 Å². The Bertz CT molecular complexity index is 736. The van der Waals surface area contributed by atoms with Crippen molar-refractivity contribution in [1.82, 2.24) is 20.4 Å². The largest absolute Gasteiger partial charge is 0.357 e. The summed E-state index contributed by atoms with van der Waals surface area (Å²) in [5.41, 5.74) is 1.64. The summed E-state index contributed by atoms with van der Waals surface area (Å²) in [5, 5.41) is 6.08. The molecule has 172 valence electrons. The van der Waals surface area contributed by atoms with Gasteiger partial charge in [0.15, 0.2) is 5.96 Å². The van der Waals surface area contributed by atoms with Gasteiger partial charge in [-0.25, -0.2) is 4.99 Å². The lowest BCUT2D eigenvalue weighted by Crippen LogP contribution is -2.49. The molecule has 1 fully saturated rings. The van der Waals surface area contributed by atoms with Crippen LogP contribution in [0, 0.1) is 0 Å². The third-order valence-electron chi connectivity index (χ3n) is 5.04. The van der Waals surface area contributed by atoms with E-state index in [0.29, 0.717) is 25.2 Å². The summed E-state index contributed by atoms with van der Waals surface area (Å²) in [6, 6.07) is 7.49. The first-order chi connectivity index (χ1) is 14.5. The Labute approximate surface area is 203 Å². The summed E-state index contributed by atoms with van der Waals surface area (Å²) < 4.78 is 0. The summed E-state index contributed by atoms with van der Waals surface area (Å²) in [6.07, 6.45) is 6.53. The number of hydrogen-bond acceptors (Lipinski definition) is 3. The number of unbranched alkanes of at least 4 members (excludes halogenated alkanes) is 3. The number of benzene rings is 1. The summed E-state index contributed by atoms with van der Waals surface area (Å²) in [7, 11) is 2.06. The van der Waals surface area contributed by atoms with Crippen molar-refractivity contribution in [1.29, 1.82) is 0 Å². The van der Waals surface area contributed by atoms with E-state index in [1.54, 1.807) is 4.90 Å². The van der Waals surface area contributed by atoms with Gasteiger partial charge in [0.05, 0.1) is 13.1 Å². The van der Waals surface area contributed by atoms with Crippen LogP contribution in [-0.4, -0.2) is 67.3 Å². The molecule has 2 rings (SSSR count). The number of carbonyl (C=O) groups excluding carboxylic acids is 2. The van der Waals surface area contributed by atoms with Gasteiger partial charge >= 0.3 is 0 Å². The fraction of sp³-hybridized carbons (Fsp3) is 0.522. The van der Waals surface area contributed by atoms with E-state index in [1.807, 2.05) is 30.3 Å². The van der Waals surface area contributed by atoms with E-state index in [2.05, 4.69) is 36.1 Å². The van der Waals surface area contributed by atoms with Gasteiger partial charge in [-0.05, 0) is 43.9 Å². The third-order valence-corrected chi connectivity index (χ3v) is 5.04. The number of nitrogens with one attached hydrogen (secondary N) is 2. The second kappa shape index (κ2) is 14.8. The van der Waals surface area contributed by atoms with Crippen LogP contribution in [0.15, 0.2) is 41.9 Å². The lowest BCUT2D eigenvalue weighted by Gasteiger charge is -2.26. The van der Waals surface area contributed by atoms with Gasteiger partial charge in [-0.1, -0.05) is 24.6 Å². The molecule has 0 radical (unpaired) electrons. The van der Waals surface area contributed by atoms with E-state index in [-0.39, 0.29) is 42.3 Å². The van der Waals surface area contributed by atoms with Crippen molar-refractivity contribution in [3.8, 4) is 0 Å². The summed E-state index contributed by atoms with van der Waals surface area (Å²) >= 11 is 0. The second-order valence-corrected chi connectivity index (χ2v) is 7.50. The molecule has 1 heterocycles. The van der Waals surface area contributed by atoms with E-state index in [0.717, 1.165) is 37.5 Å². The average Bonchev–Trinajstić information content (AvgIpc) is 2.76. The molecule has 0 atom stereocenters. The number of aliphatic imine (C=N–C) groups is 1. The first kappa shape index (κ1) is 26.9. The lowest BCUT2D eigenvalue weighted by molar-refractivity contribution is -0.123. The van der Waals surface area contributed by atoms with Crippen LogP contribution in [-0.2, 0) is 11.3 Å². The molecule has 0 unspecified atom stereocenters. The topological polar surface area (TPSA) is 77.0 Å². The highest BCUT2D eigenvalue weighted by Gasteiger charge is 2.22. The number of piperazine rings is 1. The first-order valence-corrected chi connectivity index (χ1v) is 10.8. The molecule has 1 aliphatic heterocycles. The molecule has 7 nitrogen and oxygen atoms in total. The first-order valence-electron chi connectivity index (χ1n) is 10.8. The Morgan fingerprint density at radius 1 is 1.29 bits per heavy atom. The van der Waals surface area contributed by atoms with Gasteiger partial charge in [0, 0.05) is 38.8 Å². The summed E-state index contributed by atoms with van der Waals surface area (Å²) in [6.45, 7) is 9.32. The van der Waals surface area contributed by atoms with E-state index in [9.17, 15) is 9.59 Å². The predicted molar refractivity (Wildman–Crippen MR) is 137 cm³/mol. The molecule has 0 aliphatic carbocycles. The van der Waals surface area contributed by atoms with Crippen LogP contribution in [0.25, 0.3) is 0 Å². The van der Waals surface area contributed by atoms with Gasteiger partial charge in [-0.2, -0.15) is 0 Å². The molecule has 1 saturated heterocycles. The van der Waals surface area contributed by atoms with Crippen LogP contribution >= 0.6 is 24.0 Å². The number of hydrogen-bond donors (Lipinski definition) is 2. The van der Waals surface area contributed by atoms with Gasteiger partial charge in [0.1, 0.15) is 0 Å². The molecule has 8 heteroatoms. The van der Waals surface area contributed by atoms with Crippen LogP contribution in [0.5, 0.6) is 0 Å². The molecular weight excluding hydrogens is 505 g/mol. The molecule has 2 N–H and O–H groups in total. The maximum Gasteiger partial charge on any atom is 0.254 e. The molecule has 0 aromatic heterocycles. The maximum absolute atomic E-state index is 12.6. The number of carbonyl (C=O) groups is 2. The quantitative estimate of drug-likeness (QED) is 0.157. The predicted octanol–water partition coefficient (Wildman–Crippen LogP) is 3.02. The van der Waals surface area contributed by atoms with Crippen molar-refractivity contribution in [3.05, 3.63) is 48.0 Å². The Kier molecular flexibility index (Phi) is 12.9. The zero-order chi connectivity index (χ0) is 21.8. The maximum atomic E-state index is 12.6. The van der Waals surface area contributed by atoms with Crippen molar-refractivity contribution >= 4 is 41.8 Å². The summed E-state index contributed by atoms with van der Waals surface area (Å²) in [5.74, 6) is 0.673. The fourth-order valence-corrected chi connectivity index (χ4v) is 3.30. The van der Waals surface area contributed by atoms with Gasteiger partial charge in [-0.15, -0.1) is 30.6 Å². The van der Waals surface area contributed by atoms with Crippen LogP contribution in [0.4, 0.5) is 0 Å². The van der Waals surface area contributed by atoms with Gasteiger partial charge in [0.25, 0.3) is 5.91 Å². The van der Waals surface area contributed by atoms with Crippen molar-refractivity contribution < 1.29 is 9.59 Å². The van der Waals surface area contributed by atoms with Crippen molar-refractivity contribution in [2.24, 2.45) is 4.99 Å². The number of nitrogens with zero attached hydrogens (tertiary/aromatic N) is 3. The highest BCUT2D eigenvalue weighted by molar-refractivity contribution is 14.0. The van der Waals surface area contributed by atoms with Crippen LogP contribution < -0.4 is 10.6 Å².